The third kappa shape index (κ3) is 3.55. The summed E-state index contributed by atoms with van der Waals surface area (Å²) in [5.41, 5.74) is 3.29. The minimum Gasteiger partial charge on any atom is -0.507 e. The Bertz CT molecular complexity index is 767. The summed E-state index contributed by atoms with van der Waals surface area (Å²) in [6.07, 6.45) is 1.19. The fourth-order valence-corrected chi connectivity index (χ4v) is 2.72. The number of rotatable bonds is 4. The van der Waals surface area contributed by atoms with Crippen molar-refractivity contribution in [2.45, 2.75) is 25.3 Å². The van der Waals surface area contributed by atoms with E-state index in [-0.39, 0.29) is 10.6 Å². The number of phenols is 1. The van der Waals surface area contributed by atoms with Gasteiger partial charge in [-0.15, -0.1) is 0 Å². The maximum absolute atomic E-state index is 11.6. The lowest BCUT2D eigenvalue weighted by Crippen LogP contribution is -2.04. The Kier molecular flexibility index (Phi) is 4.23. The van der Waals surface area contributed by atoms with Crippen LogP contribution in [0.3, 0.4) is 0 Å². The molecule has 0 amide bonds. The molecule has 0 saturated heterocycles. The average molecular weight is 305 g/mol. The van der Waals surface area contributed by atoms with Gasteiger partial charge in [0.1, 0.15) is 5.75 Å². The highest BCUT2D eigenvalue weighted by Crippen LogP contribution is 2.24. The van der Waals surface area contributed by atoms with Crippen molar-refractivity contribution >= 4 is 15.5 Å². The second-order valence-electron chi connectivity index (χ2n) is 5.19. The molecule has 0 spiro atoms. The SMILES string of the molecule is Cc1ccc(S(C)(=O)=O)cc1NCc1cccc(C)c1O. The van der Waals surface area contributed by atoms with E-state index in [1.54, 1.807) is 18.2 Å². The van der Waals surface area contributed by atoms with Crippen LogP contribution in [0.2, 0.25) is 0 Å². The number of hydrogen-bond acceptors (Lipinski definition) is 4. The van der Waals surface area contributed by atoms with Gasteiger partial charge in [0.15, 0.2) is 9.84 Å². The predicted molar refractivity (Wildman–Crippen MR) is 84.5 cm³/mol. The normalized spacial score (nSPS) is 11.4. The largest absolute Gasteiger partial charge is 0.507 e. The van der Waals surface area contributed by atoms with Crippen LogP contribution >= 0.6 is 0 Å². The summed E-state index contributed by atoms with van der Waals surface area (Å²) < 4.78 is 23.2. The summed E-state index contributed by atoms with van der Waals surface area (Å²) in [5.74, 6) is 0.266. The smallest absolute Gasteiger partial charge is 0.175 e. The van der Waals surface area contributed by atoms with Gasteiger partial charge in [0.25, 0.3) is 0 Å². The van der Waals surface area contributed by atoms with Gasteiger partial charge in [0.05, 0.1) is 4.90 Å². The Hall–Kier alpha value is -2.01. The van der Waals surface area contributed by atoms with Crippen LogP contribution in [0.5, 0.6) is 5.75 Å². The zero-order valence-corrected chi connectivity index (χ0v) is 13.2. The topological polar surface area (TPSA) is 66.4 Å². The molecule has 0 aliphatic carbocycles. The molecule has 2 aromatic rings. The highest BCUT2D eigenvalue weighted by molar-refractivity contribution is 7.90. The maximum atomic E-state index is 11.6. The van der Waals surface area contributed by atoms with E-state index in [2.05, 4.69) is 5.32 Å². The highest BCUT2D eigenvalue weighted by atomic mass is 32.2. The summed E-state index contributed by atoms with van der Waals surface area (Å²) >= 11 is 0. The molecule has 0 fully saturated rings. The fraction of sp³-hybridized carbons (Fsp3) is 0.250. The molecule has 4 nitrogen and oxygen atoms in total. The molecule has 0 aliphatic rings. The van der Waals surface area contributed by atoms with Crippen molar-refractivity contribution in [3.63, 3.8) is 0 Å². The van der Waals surface area contributed by atoms with Crippen LogP contribution in [0.1, 0.15) is 16.7 Å². The first-order chi connectivity index (χ1) is 9.79. The number of aromatic hydroxyl groups is 1. The monoisotopic (exact) mass is 305 g/mol. The first-order valence-electron chi connectivity index (χ1n) is 6.61. The Morgan fingerprint density at radius 2 is 1.81 bits per heavy atom. The van der Waals surface area contributed by atoms with Gasteiger partial charge in [-0.3, -0.25) is 0 Å². The molecule has 0 unspecified atom stereocenters. The second kappa shape index (κ2) is 5.77. The zero-order valence-electron chi connectivity index (χ0n) is 12.3. The zero-order chi connectivity index (χ0) is 15.6. The Morgan fingerprint density at radius 1 is 1.10 bits per heavy atom. The second-order valence-corrected chi connectivity index (χ2v) is 7.20. The minimum absolute atomic E-state index is 0.266. The summed E-state index contributed by atoms with van der Waals surface area (Å²) in [6.45, 7) is 4.18. The van der Waals surface area contributed by atoms with E-state index >= 15 is 0 Å². The third-order valence-corrected chi connectivity index (χ3v) is 4.54. The van der Waals surface area contributed by atoms with E-state index < -0.39 is 9.84 Å². The molecule has 0 bridgehead atoms. The fourth-order valence-electron chi connectivity index (χ4n) is 2.08. The van der Waals surface area contributed by atoms with Gasteiger partial charge < -0.3 is 10.4 Å². The van der Waals surface area contributed by atoms with Crippen LogP contribution in [0.4, 0.5) is 5.69 Å². The van der Waals surface area contributed by atoms with Crippen molar-refractivity contribution in [2.75, 3.05) is 11.6 Å². The quantitative estimate of drug-likeness (QED) is 0.911. The number of nitrogens with one attached hydrogen (secondary N) is 1. The molecule has 112 valence electrons. The molecule has 2 rings (SSSR count). The first-order valence-corrected chi connectivity index (χ1v) is 8.50. The van der Waals surface area contributed by atoms with Crippen LogP contribution in [-0.2, 0) is 16.4 Å². The summed E-state index contributed by atoms with van der Waals surface area (Å²) in [5, 5.41) is 13.2. The number of hydrogen-bond donors (Lipinski definition) is 2. The van der Waals surface area contributed by atoms with Crippen LogP contribution in [0.15, 0.2) is 41.3 Å². The predicted octanol–water partition coefficient (Wildman–Crippen LogP) is 3.02. The Labute approximate surface area is 125 Å². The van der Waals surface area contributed by atoms with Gasteiger partial charge in [-0.25, -0.2) is 8.42 Å². The van der Waals surface area contributed by atoms with E-state index in [0.29, 0.717) is 6.54 Å². The lowest BCUT2D eigenvalue weighted by atomic mass is 10.1. The summed E-state index contributed by atoms with van der Waals surface area (Å²) in [4.78, 5) is 0.282. The number of anilines is 1. The number of para-hydroxylation sites is 1. The number of sulfone groups is 1. The molecule has 0 aliphatic heterocycles. The minimum atomic E-state index is -3.23. The van der Waals surface area contributed by atoms with Crippen molar-refractivity contribution < 1.29 is 13.5 Å². The van der Waals surface area contributed by atoms with Gasteiger partial charge >= 0.3 is 0 Å². The lowest BCUT2D eigenvalue weighted by molar-refractivity contribution is 0.465. The molecule has 5 heteroatoms. The van der Waals surface area contributed by atoms with Gasteiger partial charge in [0, 0.05) is 24.1 Å². The third-order valence-electron chi connectivity index (χ3n) is 3.43. The summed E-state index contributed by atoms with van der Waals surface area (Å²) in [6, 6.07) is 10.6. The Balaban J connectivity index is 2.26. The van der Waals surface area contributed by atoms with Gasteiger partial charge in [-0.1, -0.05) is 24.3 Å². The lowest BCUT2D eigenvalue weighted by Gasteiger charge is -2.13. The van der Waals surface area contributed by atoms with Gasteiger partial charge in [-0.2, -0.15) is 0 Å². The molecule has 21 heavy (non-hydrogen) atoms. The molecule has 0 saturated carbocycles. The molecule has 2 N–H and O–H groups in total. The van der Waals surface area contributed by atoms with Crippen LogP contribution in [-0.4, -0.2) is 19.8 Å². The molecule has 0 atom stereocenters. The number of phenolic OH excluding ortho intramolecular Hbond substituents is 1. The first kappa shape index (κ1) is 15.4. The molecule has 2 aromatic carbocycles. The van der Waals surface area contributed by atoms with E-state index in [1.807, 2.05) is 32.0 Å². The van der Waals surface area contributed by atoms with Crippen molar-refractivity contribution in [1.29, 1.82) is 0 Å². The summed E-state index contributed by atoms with van der Waals surface area (Å²) in [7, 11) is -3.23. The molecular weight excluding hydrogens is 286 g/mol. The molecule has 0 radical (unpaired) electrons. The van der Waals surface area contributed by atoms with Crippen LogP contribution in [0, 0.1) is 13.8 Å². The van der Waals surface area contributed by atoms with Gasteiger partial charge in [0.2, 0.25) is 0 Å². The Morgan fingerprint density at radius 3 is 2.48 bits per heavy atom. The van der Waals surface area contributed by atoms with Crippen LogP contribution < -0.4 is 5.32 Å². The number of aryl methyl sites for hydroxylation is 2. The average Bonchev–Trinajstić information content (AvgIpc) is 2.40. The van der Waals surface area contributed by atoms with Crippen LogP contribution in [0.25, 0.3) is 0 Å². The van der Waals surface area contributed by atoms with E-state index in [4.69, 9.17) is 0 Å². The van der Waals surface area contributed by atoms with Crippen molar-refractivity contribution in [1.82, 2.24) is 0 Å². The van der Waals surface area contributed by atoms with Crippen molar-refractivity contribution in [3.8, 4) is 5.75 Å². The molecule has 0 aromatic heterocycles. The molecular formula is C16H19NO3S. The van der Waals surface area contributed by atoms with E-state index in [9.17, 15) is 13.5 Å². The van der Waals surface area contributed by atoms with E-state index in [1.165, 1.54) is 6.26 Å². The van der Waals surface area contributed by atoms with Crippen molar-refractivity contribution in [2.24, 2.45) is 0 Å². The maximum Gasteiger partial charge on any atom is 0.175 e. The number of benzene rings is 2. The van der Waals surface area contributed by atoms with Gasteiger partial charge in [-0.05, 0) is 37.1 Å². The highest BCUT2D eigenvalue weighted by Gasteiger charge is 2.10. The van der Waals surface area contributed by atoms with Crippen molar-refractivity contribution in [3.05, 3.63) is 53.1 Å². The van der Waals surface area contributed by atoms with E-state index in [0.717, 1.165) is 22.4 Å². The standard InChI is InChI=1S/C16H19NO3S/c1-11-7-8-14(21(3,19)20)9-15(11)17-10-13-6-4-5-12(2)16(13)18/h4-9,17-18H,10H2,1-3H3. The molecule has 0 heterocycles.